The second-order valence-electron chi connectivity index (χ2n) is 8.57. The third-order valence-corrected chi connectivity index (χ3v) is 6.23. The van der Waals surface area contributed by atoms with Crippen molar-refractivity contribution in [3.05, 3.63) is 94.4 Å². The predicted octanol–water partition coefficient (Wildman–Crippen LogP) is 4.66. The summed E-state index contributed by atoms with van der Waals surface area (Å²) in [4.78, 5) is 32.7. The van der Waals surface area contributed by atoms with Gasteiger partial charge in [-0.05, 0) is 49.2 Å². The number of anilines is 1. The number of rotatable bonds is 10. The topological polar surface area (TPSA) is 85.7 Å². The van der Waals surface area contributed by atoms with Gasteiger partial charge in [-0.1, -0.05) is 42.5 Å². The summed E-state index contributed by atoms with van der Waals surface area (Å²) in [5, 5.41) is 2.98. The van der Waals surface area contributed by atoms with Crippen LogP contribution in [0.3, 0.4) is 0 Å². The number of benzene rings is 3. The maximum atomic E-state index is 13.5. The lowest BCUT2D eigenvalue weighted by molar-refractivity contribution is 0.212. The van der Waals surface area contributed by atoms with Crippen LogP contribution in [0.1, 0.15) is 18.2 Å². The molecule has 192 valence electrons. The summed E-state index contributed by atoms with van der Waals surface area (Å²) >= 11 is 0. The van der Waals surface area contributed by atoms with Gasteiger partial charge >= 0.3 is 6.03 Å². The van der Waals surface area contributed by atoms with Crippen LogP contribution in [0.2, 0.25) is 0 Å². The third kappa shape index (κ3) is 6.09. The van der Waals surface area contributed by atoms with Crippen molar-refractivity contribution in [2.24, 2.45) is 7.05 Å². The predicted molar refractivity (Wildman–Crippen MR) is 146 cm³/mol. The zero-order chi connectivity index (χ0) is 26.2. The number of hydrogen-bond acceptors (Lipinski definition) is 5. The fourth-order valence-electron chi connectivity index (χ4n) is 4.27. The fourth-order valence-corrected chi connectivity index (χ4v) is 4.27. The van der Waals surface area contributed by atoms with Gasteiger partial charge in [0.05, 0.1) is 30.4 Å². The molecule has 0 aliphatic carbocycles. The summed E-state index contributed by atoms with van der Waals surface area (Å²) in [6, 6.07) is 22.3. The number of urea groups is 1. The maximum Gasteiger partial charge on any atom is 0.321 e. The molecule has 37 heavy (non-hydrogen) atoms. The van der Waals surface area contributed by atoms with E-state index in [1.807, 2.05) is 79.7 Å². The highest BCUT2D eigenvalue weighted by Crippen LogP contribution is 2.24. The lowest BCUT2D eigenvalue weighted by Crippen LogP contribution is -2.39. The van der Waals surface area contributed by atoms with Crippen LogP contribution in [0, 0.1) is 0 Å². The molecule has 0 spiro atoms. The molecule has 2 amide bonds. The van der Waals surface area contributed by atoms with E-state index in [4.69, 9.17) is 9.47 Å². The molecule has 0 fully saturated rings. The number of hydrogen-bond donors (Lipinski definition) is 1. The molecule has 0 atom stereocenters. The van der Waals surface area contributed by atoms with Crippen molar-refractivity contribution in [3.63, 3.8) is 0 Å². The number of para-hydroxylation sites is 5. The first-order valence-electron chi connectivity index (χ1n) is 12.4. The molecular formula is C29H32N4O4. The molecule has 0 aliphatic rings. The highest BCUT2D eigenvalue weighted by atomic mass is 16.5. The van der Waals surface area contributed by atoms with E-state index >= 15 is 0 Å². The number of methoxy groups -OCH3 is 1. The monoisotopic (exact) mass is 500 g/mol. The van der Waals surface area contributed by atoms with Gasteiger partial charge in [0.2, 0.25) is 0 Å². The number of nitrogens with zero attached hydrogens (tertiary/aromatic N) is 3. The Balaban J connectivity index is 1.57. The molecule has 0 aliphatic heterocycles. The zero-order valence-electron chi connectivity index (χ0n) is 21.4. The first kappa shape index (κ1) is 25.8. The summed E-state index contributed by atoms with van der Waals surface area (Å²) in [5.74, 6) is 1.38. The van der Waals surface area contributed by atoms with Crippen LogP contribution in [-0.2, 0) is 19.9 Å². The molecule has 0 radical (unpaired) electrons. The van der Waals surface area contributed by atoms with Gasteiger partial charge in [-0.2, -0.15) is 0 Å². The summed E-state index contributed by atoms with van der Waals surface area (Å²) < 4.78 is 12.8. The summed E-state index contributed by atoms with van der Waals surface area (Å²) in [5.41, 5.74) is 3.37. The van der Waals surface area contributed by atoms with E-state index in [-0.39, 0.29) is 11.6 Å². The Morgan fingerprint density at radius 3 is 2.41 bits per heavy atom. The first-order valence-corrected chi connectivity index (χ1v) is 12.4. The Morgan fingerprint density at radius 2 is 1.62 bits per heavy atom. The highest BCUT2D eigenvalue weighted by molar-refractivity contribution is 5.91. The Hall–Kier alpha value is -4.33. The SMILES string of the molecule is CCOc1ccccc1NC(=O)N(CCc1ccccc1OC)CCc1nc2ccccc2n(C)c1=O. The number of aryl methyl sites for hydroxylation is 1. The van der Waals surface area contributed by atoms with Crippen molar-refractivity contribution in [1.29, 1.82) is 0 Å². The minimum absolute atomic E-state index is 0.162. The van der Waals surface area contributed by atoms with Gasteiger partial charge in [0.25, 0.3) is 5.56 Å². The second-order valence-corrected chi connectivity index (χ2v) is 8.57. The van der Waals surface area contributed by atoms with Crippen LogP contribution in [0.25, 0.3) is 11.0 Å². The number of nitrogens with one attached hydrogen (secondary N) is 1. The normalized spacial score (nSPS) is 10.8. The summed E-state index contributed by atoms with van der Waals surface area (Å²) in [7, 11) is 3.38. The van der Waals surface area contributed by atoms with Crippen molar-refractivity contribution in [2.75, 3.05) is 32.1 Å². The smallest absolute Gasteiger partial charge is 0.321 e. The Bertz CT molecular complexity index is 1430. The molecule has 1 heterocycles. The molecule has 4 aromatic rings. The molecule has 0 saturated carbocycles. The Kier molecular flexibility index (Phi) is 8.40. The van der Waals surface area contributed by atoms with Crippen molar-refractivity contribution in [3.8, 4) is 11.5 Å². The molecule has 1 aromatic heterocycles. The van der Waals surface area contributed by atoms with Crippen LogP contribution in [-0.4, -0.2) is 47.3 Å². The average molecular weight is 501 g/mol. The number of ether oxygens (including phenoxy) is 2. The highest BCUT2D eigenvalue weighted by Gasteiger charge is 2.18. The Labute approximate surface area is 216 Å². The van der Waals surface area contributed by atoms with E-state index in [1.165, 1.54) is 0 Å². The van der Waals surface area contributed by atoms with Crippen molar-refractivity contribution in [1.82, 2.24) is 14.5 Å². The van der Waals surface area contributed by atoms with Crippen LogP contribution in [0.15, 0.2) is 77.6 Å². The van der Waals surface area contributed by atoms with Gasteiger partial charge in [0, 0.05) is 26.6 Å². The number of fused-ring (bicyclic) bond motifs is 1. The van der Waals surface area contributed by atoms with Gasteiger partial charge in [-0.25, -0.2) is 9.78 Å². The van der Waals surface area contributed by atoms with Crippen LogP contribution < -0.4 is 20.3 Å². The van der Waals surface area contributed by atoms with Crippen molar-refractivity contribution in [2.45, 2.75) is 19.8 Å². The van der Waals surface area contributed by atoms with E-state index < -0.39 is 0 Å². The molecule has 1 N–H and O–H groups in total. The van der Waals surface area contributed by atoms with Gasteiger partial charge in [-0.15, -0.1) is 0 Å². The quantitative estimate of drug-likeness (QED) is 0.342. The fraction of sp³-hybridized carbons (Fsp3) is 0.276. The molecule has 0 unspecified atom stereocenters. The Morgan fingerprint density at radius 1 is 0.946 bits per heavy atom. The first-order chi connectivity index (χ1) is 18.0. The van der Waals surface area contributed by atoms with Gasteiger partial charge in [0.15, 0.2) is 0 Å². The van der Waals surface area contributed by atoms with Crippen molar-refractivity contribution < 1.29 is 14.3 Å². The average Bonchev–Trinajstić information content (AvgIpc) is 2.92. The minimum atomic E-state index is -0.278. The molecule has 0 bridgehead atoms. The lowest BCUT2D eigenvalue weighted by atomic mass is 10.1. The largest absolute Gasteiger partial charge is 0.496 e. The van der Waals surface area contributed by atoms with Gasteiger partial charge < -0.3 is 24.3 Å². The number of carbonyl (C=O) groups excluding carboxylic acids is 1. The number of carbonyl (C=O) groups is 1. The number of aromatic nitrogens is 2. The molecule has 0 saturated heterocycles. The van der Waals surface area contributed by atoms with Gasteiger partial charge in [-0.3, -0.25) is 4.79 Å². The second kappa shape index (κ2) is 12.1. The molecular weight excluding hydrogens is 468 g/mol. The van der Waals surface area contributed by atoms with Gasteiger partial charge in [0.1, 0.15) is 17.2 Å². The lowest BCUT2D eigenvalue weighted by Gasteiger charge is -2.24. The third-order valence-electron chi connectivity index (χ3n) is 6.23. The van der Waals surface area contributed by atoms with Crippen LogP contribution in [0.5, 0.6) is 11.5 Å². The zero-order valence-corrected chi connectivity index (χ0v) is 21.4. The summed E-state index contributed by atoms with van der Waals surface area (Å²) in [6.07, 6.45) is 0.914. The van der Waals surface area contributed by atoms with E-state index in [1.54, 1.807) is 23.6 Å². The molecule has 4 rings (SSSR count). The van der Waals surface area contributed by atoms with Crippen LogP contribution in [0.4, 0.5) is 10.5 Å². The molecule has 8 heteroatoms. The molecule has 8 nitrogen and oxygen atoms in total. The van der Waals surface area contributed by atoms with E-state index in [2.05, 4.69) is 10.3 Å². The summed E-state index contributed by atoms with van der Waals surface area (Å²) in [6.45, 7) is 3.13. The maximum absolute atomic E-state index is 13.5. The minimum Gasteiger partial charge on any atom is -0.496 e. The standard InChI is InChI=1S/C29H32N4O4/c1-4-37-27-16-10-7-13-23(27)31-29(35)33(19-17-21-11-5-9-15-26(21)36-3)20-18-24-28(34)32(2)25-14-8-6-12-22(25)30-24/h5-16H,4,17-20H2,1-3H3,(H,31,35). The van der Waals surface area contributed by atoms with E-state index in [9.17, 15) is 9.59 Å². The number of amides is 2. The van der Waals surface area contributed by atoms with Crippen LogP contribution >= 0.6 is 0 Å². The van der Waals surface area contributed by atoms with E-state index in [0.29, 0.717) is 49.7 Å². The van der Waals surface area contributed by atoms with E-state index in [0.717, 1.165) is 22.3 Å². The molecule has 3 aromatic carbocycles. The van der Waals surface area contributed by atoms with Crippen molar-refractivity contribution >= 4 is 22.8 Å².